The molecule has 4 nitrogen and oxygen atoms in total. The van der Waals surface area contributed by atoms with Crippen LogP contribution in [-0.2, 0) is 9.47 Å². The normalized spacial score (nSPS) is 15.2. The van der Waals surface area contributed by atoms with Gasteiger partial charge in [-0.1, -0.05) is 6.92 Å². The molecule has 0 radical (unpaired) electrons. The summed E-state index contributed by atoms with van der Waals surface area (Å²) in [6.07, 6.45) is 2.63. The van der Waals surface area contributed by atoms with E-state index in [0.717, 1.165) is 25.9 Å². The molecule has 0 aliphatic heterocycles. The molecule has 0 aromatic carbocycles. The Morgan fingerprint density at radius 1 is 1.27 bits per heavy atom. The third kappa shape index (κ3) is 6.10. The Kier molecular flexibility index (Phi) is 9.00. The van der Waals surface area contributed by atoms with Crippen LogP contribution in [0.2, 0.25) is 0 Å². The summed E-state index contributed by atoms with van der Waals surface area (Å²) in [5, 5.41) is 9.26. The molecule has 0 saturated carbocycles. The van der Waals surface area contributed by atoms with Gasteiger partial charge in [-0.3, -0.25) is 0 Å². The number of hydrogen-bond acceptors (Lipinski definition) is 4. The van der Waals surface area contributed by atoms with E-state index in [2.05, 4.69) is 0 Å². The summed E-state index contributed by atoms with van der Waals surface area (Å²) in [6.45, 7) is 4.81. The maximum absolute atomic E-state index is 9.26. The Bertz CT molecular complexity index is 130. The van der Waals surface area contributed by atoms with Crippen molar-refractivity contribution < 1.29 is 14.6 Å². The van der Waals surface area contributed by atoms with Crippen LogP contribution in [0.25, 0.3) is 0 Å². The number of aliphatic hydroxyl groups is 1. The van der Waals surface area contributed by atoms with E-state index >= 15 is 0 Å². The zero-order valence-electron chi connectivity index (χ0n) is 10.00. The average Bonchev–Trinajstić information content (AvgIpc) is 2.29. The van der Waals surface area contributed by atoms with Crippen LogP contribution in [0, 0.1) is 5.41 Å². The zero-order valence-corrected chi connectivity index (χ0v) is 10.00. The summed E-state index contributed by atoms with van der Waals surface area (Å²) < 4.78 is 10.4. The smallest absolute Gasteiger partial charge is 0.0500 e. The maximum atomic E-state index is 9.26. The Balaban J connectivity index is 3.54. The van der Waals surface area contributed by atoms with Gasteiger partial charge in [-0.2, -0.15) is 0 Å². The molecule has 15 heavy (non-hydrogen) atoms. The van der Waals surface area contributed by atoms with E-state index in [0.29, 0.717) is 19.8 Å². The molecule has 1 unspecified atom stereocenters. The van der Waals surface area contributed by atoms with E-state index < -0.39 is 0 Å². The van der Waals surface area contributed by atoms with Gasteiger partial charge in [0.1, 0.15) is 0 Å². The molecule has 92 valence electrons. The van der Waals surface area contributed by atoms with Gasteiger partial charge in [0, 0.05) is 45.5 Å². The van der Waals surface area contributed by atoms with Crippen LogP contribution >= 0.6 is 0 Å². The van der Waals surface area contributed by atoms with Crippen LogP contribution in [0.1, 0.15) is 26.2 Å². The molecule has 0 heterocycles. The van der Waals surface area contributed by atoms with Crippen molar-refractivity contribution in [3.05, 3.63) is 0 Å². The Morgan fingerprint density at radius 2 is 2.00 bits per heavy atom. The highest BCUT2D eigenvalue weighted by molar-refractivity contribution is 4.77. The van der Waals surface area contributed by atoms with Gasteiger partial charge in [0.2, 0.25) is 0 Å². The molecule has 3 N–H and O–H groups in total. The summed E-state index contributed by atoms with van der Waals surface area (Å²) in [5.41, 5.74) is 5.50. The molecule has 0 rings (SSSR count). The Hall–Kier alpha value is -0.160. The van der Waals surface area contributed by atoms with Gasteiger partial charge < -0.3 is 20.3 Å². The quantitative estimate of drug-likeness (QED) is 0.533. The number of hydrogen-bond donors (Lipinski definition) is 2. The highest BCUT2D eigenvalue weighted by atomic mass is 16.5. The van der Waals surface area contributed by atoms with Gasteiger partial charge in [0.15, 0.2) is 0 Å². The van der Waals surface area contributed by atoms with Crippen LogP contribution in [0.15, 0.2) is 0 Å². The molecular weight excluding hydrogens is 194 g/mol. The predicted molar refractivity (Wildman–Crippen MR) is 60.8 cm³/mol. The van der Waals surface area contributed by atoms with Gasteiger partial charge in [0.05, 0.1) is 0 Å². The maximum Gasteiger partial charge on any atom is 0.0500 e. The van der Waals surface area contributed by atoms with Crippen molar-refractivity contribution in [3.63, 3.8) is 0 Å². The number of nitrogens with two attached hydrogens (primary N) is 1. The Morgan fingerprint density at radius 3 is 2.47 bits per heavy atom. The summed E-state index contributed by atoms with van der Waals surface area (Å²) in [5.74, 6) is 0. The zero-order chi connectivity index (χ0) is 11.6. The van der Waals surface area contributed by atoms with Crippen molar-refractivity contribution in [1.82, 2.24) is 0 Å². The molecule has 0 aliphatic carbocycles. The highest BCUT2D eigenvalue weighted by Crippen LogP contribution is 2.24. The summed E-state index contributed by atoms with van der Waals surface area (Å²) in [6, 6.07) is 0. The molecule has 0 amide bonds. The number of methoxy groups -OCH3 is 1. The fraction of sp³-hybridized carbons (Fsp3) is 1.00. The largest absolute Gasteiger partial charge is 0.396 e. The lowest BCUT2D eigenvalue weighted by Crippen LogP contribution is -2.34. The molecule has 0 bridgehead atoms. The monoisotopic (exact) mass is 219 g/mol. The molecule has 0 aliphatic rings. The Labute approximate surface area is 92.7 Å². The van der Waals surface area contributed by atoms with Crippen molar-refractivity contribution >= 4 is 0 Å². The average molecular weight is 219 g/mol. The molecule has 0 saturated heterocycles. The van der Waals surface area contributed by atoms with Crippen molar-refractivity contribution in [2.24, 2.45) is 11.1 Å². The van der Waals surface area contributed by atoms with Crippen LogP contribution < -0.4 is 5.73 Å². The van der Waals surface area contributed by atoms with Crippen LogP contribution in [0.4, 0.5) is 0 Å². The summed E-state index contributed by atoms with van der Waals surface area (Å²) >= 11 is 0. The fourth-order valence-electron chi connectivity index (χ4n) is 1.37. The first-order chi connectivity index (χ1) is 7.24. The molecule has 1 atom stereocenters. The number of aliphatic hydroxyl groups excluding tert-OH is 1. The van der Waals surface area contributed by atoms with E-state index in [-0.39, 0.29) is 12.0 Å². The third-order valence-corrected chi connectivity index (χ3v) is 2.93. The summed E-state index contributed by atoms with van der Waals surface area (Å²) in [7, 11) is 1.68. The second kappa shape index (κ2) is 9.09. The molecule has 0 aromatic heterocycles. The highest BCUT2D eigenvalue weighted by Gasteiger charge is 2.24. The van der Waals surface area contributed by atoms with E-state index in [4.69, 9.17) is 15.2 Å². The van der Waals surface area contributed by atoms with Gasteiger partial charge >= 0.3 is 0 Å². The van der Waals surface area contributed by atoms with E-state index in [1.54, 1.807) is 7.11 Å². The first-order valence-electron chi connectivity index (χ1n) is 5.62. The minimum atomic E-state index is -0.152. The summed E-state index contributed by atoms with van der Waals surface area (Å²) in [4.78, 5) is 0. The SMILES string of the molecule is CCC(CN)(CO)CCOCCCOC. The van der Waals surface area contributed by atoms with E-state index in [1.165, 1.54) is 0 Å². The second-order valence-corrected chi connectivity index (χ2v) is 3.92. The minimum absolute atomic E-state index is 0.140. The lowest BCUT2D eigenvalue weighted by atomic mass is 9.83. The van der Waals surface area contributed by atoms with E-state index in [9.17, 15) is 5.11 Å². The predicted octanol–water partition coefficient (Wildman–Crippen LogP) is 0.777. The molecule has 0 aromatic rings. The van der Waals surface area contributed by atoms with Crippen molar-refractivity contribution in [3.8, 4) is 0 Å². The second-order valence-electron chi connectivity index (χ2n) is 3.92. The lowest BCUT2D eigenvalue weighted by molar-refractivity contribution is 0.0506. The van der Waals surface area contributed by atoms with Gasteiger partial charge in [-0.15, -0.1) is 0 Å². The molecule has 0 spiro atoms. The first kappa shape index (κ1) is 14.8. The van der Waals surface area contributed by atoms with Crippen LogP contribution in [0.5, 0.6) is 0 Å². The number of rotatable bonds is 10. The molecule has 0 fully saturated rings. The van der Waals surface area contributed by atoms with E-state index in [1.807, 2.05) is 6.92 Å². The van der Waals surface area contributed by atoms with Gasteiger partial charge in [-0.05, 0) is 19.3 Å². The fourth-order valence-corrected chi connectivity index (χ4v) is 1.37. The topological polar surface area (TPSA) is 64.7 Å². The molecule has 4 heteroatoms. The van der Waals surface area contributed by atoms with Crippen LogP contribution in [-0.4, -0.2) is 45.2 Å². The third-order valence-electron chi connectivity index (χ3n) is 2.93. The minimum Gasteiger partial charge on any atom is -0.396 e. The number of ether oxygens (including phenoxy) is 2. The van der Waals surface area contributed by atoms with Crippen molar-refractivity contribution in [2.75, 3.05) is 40.1 Å². The lowest BCUT2D eigenvalue weighted by Gasteiger charge is -2.28. The molecular formula is C11H25NO3. The first-order valence-corrected chi connectivity index (χ1v) is 5.62. The van der Waals surface area contributed by atoms with Gasteiger partial charge in [0.25, 0.3) is 0 Å². The van der Waals surface area contributed by atoms with Crippen molar-refractivity contribution in [1.29, 1.82) is 0 Å². The van der Waals surface area contributed by atoms with Gasteiger partial charge in [-0.25, -0.2) is 0 Å². The van der Waals surface area contributed by atoms with Crippen LogP contribution in [0.3, 0.4) is 0 Å². The standard InChI is InChI=1S/C11H25NO3/c1-3-11(9-12,10-13)5-8-15-7-4-6-14-2/h13H,3-10,12H2,1-2H3. The van der Waals surface area contributed by atoms with Crippen molar-refractivity contribution in [2.45, 2.75) is 26.2 Å².